The molecule has 3 aromatic carbocycles. The number of benzene rings is 3. The highest BCUT2D eigenvalue weighted by atomic mass is 16.2. The fraction of sp³-hybridized carbons (Fsp3) is 0.242. The summed E-state index contributed by atoms with van der Waals surface area (Å²) in [6.45, 7) is 4.86. The van der Waals surface area contributed by atoms with Crippen LogP contribution in [0.5, 0.6) is 0 Å². The van der Waals surface area contributed by atoms with Gasteiger partial charge in [-0.3, -0.25) is 24.1 Å². The summed E-state index contributed by atoms with van der Waals surface area (Å²) < 4.78 is 1.51. The molecule has 43 heavy (non-hydrogen) atoms. The molecule has 1 aromatic heterocycles. The standard InChI is InChI=1S/C33H35N7O3/c1-20-15-30(40(5)38-20)33(43)36-26-8-6-7-22(16-26)31(41)23-9-14-27-28(32(42)37-29(27)17-23)18-34-24-10-12-25(13-11-24)35-21(2)19-39(3)4/h6-18,21,28,35H,19H2,1-5H3,(H,36,43)(H,37,42). The lowest BCUT2D eigenvalue weighted by molar-refractivity contribution is -0.115. The molecule has 0 fully saturated rings. The average Bonchev–Trinajstić information content (AvgIpc) is 3.47. The highest BCUT2D eigenvalue weighted by Crippen LogP contribution is 2.33. The summed E-state index contributed by atoms with van der Waals surface area (Å²) in [5, 5.41) is 13.4. The van der Waals surface area contributed by atoms with Gasteiger partial charge in [0.05, 0.1) is 11.4 Å². The maximum absolute atomic E-state index is 13.4. The fourth-order valence-corrected chi connectivity index (χ4v) is 5.18. The molecule has 2 heterocycles. The van der Waals surface area contributed by atoms with Crippen molar-refractivity contribution in [3.63, 3.8) is 0 Å². The van der Waals surface area contributed by atoms with Crippen molar-refractivity contribution in [2.45, 2.75) is 25.8 Å². The second-order valence-corrected chi connectivity index (χ2v) is 11.1. The molecule has 10 nitrogen and oxygen atoms in total. The molecule has 0 saturated heterocycles. The Morgan fingerprint density at radius 2 is 1.79 bits per heavy atom. The average molecular weight is 578 g/mol. The number of carbonyl (C=O) groups is 3. The summed E-state index contributed by atoms with van der Waals surface area (Å²) in [4.78, 5) is 45.5. The summed E-state index contributed by atoms with van der Waals surface area (Å²) >= 11 is 0. The SMILES string of the molecule is Cc1cc(C(=O)Nc2cccc(C(=O)c3ccc4c(c3)NC(=O)C4C=Nc3ccc(NC(C)CN(C)C)cc3)c2)n(C)n1. The largest absolute Gasteiger partial charge is 0.381 e. The van der Waals surface area contributed by atoms with E-state index in [0.29, 0.717) is 34.2 Å². The van der Waals surface area contributed by atoms with Gasteiger partial charge >= 0.3 is 0 Å². The summed E-state index contributed by atoms with van der Waals surface area (Å²) in [6.07, 6.45) is 1.63. The van der Waals surface area contributed by atoms with Gasteiger partial charge in [0.15, 0.2) is 5.78 Å². The summed E-state index contributed by atoms with van der Waals surface area (Å²) in [5.41, 5.74) is 5.57. The number of likely N-dealkylation sites (N-methyl/N-ethyl adjacent to an activating group) is 1. The van der Waals surface area contributed by atoms with Crippen LogP contribution < -0.4 is 16.0 Å². The molecule has 4 aromatic rings. The van der Waals surface area contributed by atoms with Crippen LogP contribution in [0, 0.1) is 6.92 Å². The van der Waals surface area contributed by atoms with Crippen molar-refractivity contribution in [2.24, 2.45) is 12.0 Å². The number of carbonyl (C=O) groups excluding carboxylic acids is 3. The molecule has 2 atom stereocenters. The predicted molar refractivity (Wildman–Crippen MR) is 170 cm³/mol. The van der Waals surface area contributed by atoms with Crippen molar-refractivity contribution >= 4 is 46.6 Å². The van der Waals surface area contributed by atoms with Gasteiger partial charge in [0.2, 0.25) is 5.91 Å². The minimum Gasteiger partial charge on any atom is -0.381 e. The monoisotopic (exact) mass is 577 g/mol. The predicted octanol–water partition coefficient (Wildman–Crippen LogP) is 5.01. The van der Waals surface area contributed by atoms with Crippen molar-refractivity contribution in [3.05, 3.63) is 101 Å². The number of nitrogens with one attached hydrogen (secondary N) is 3. The fourth-order valence-electron chi connectivity index (χ4n) is 5.18. The van der Waals surface area contributed by atoms with Crippen LogP contribution in [0.25, 0.3) is 0 Å². The molecule has 0 aliphatic carbocycles. The number of ketones is 1. The van der Waals surface area contributed by atoms with Crippen molar-refractivity contribution in [1.82, 2.24) is 14.7 Å². The number of aromatic nitrogens is 2. The molecule has 220 valence electrons. The van der Waals surface area contributed by atoms with Crippen molar-refractivity contribution in [1.29, 1.82) is 0 Å². The first kappa shape index (κ1) is 29.4. The van der Waals surface area contributed by atoms with Crippen molar-refractivity contribution < 1.29 is 14.4 Å². The third kappa shape index (κ3) is 6.87. The normalized spacial score (nSPS) is 14.9. The molecule has 2 unspecified atom stereocenters. The van der Waals surface area contributed by atoms with Gasteiger partial charge < -0.3 is 20.9 Å². The van der Waals surface area contributed by atoms with E-state index in [2.05, 4.69) is 37.9 Å². The van der Waals surface area contributed by atoms with E-state index in [1.54, 1.807) is 61.8 Å². The van der Waals surface area contributed by atoms with E-state index in [0.717, 1.165) is 29.2 Å². The van der Waals surface area contributed by atoms with Gasteiger partial charge in [0.1, 0.15) is 11.6 Å². The molecule has 10 heteroatoms. The Kier molecular flexibility index (Phi) is 8.49. The second kappa shape index (κ2) is 12.4. The maximum Gasteiger partial charge on any atom is 0.273 e. The molecule has 0 spiro atoms. The number of amides is 2. The number of fused-ring (bicyclic) bond motifs is 1. The van der Waals surface area contributed by atoms with E-state index in [1.807, 2.05) is 45.3 Å². The zero-order valence-corrected chi connectivity index (χ0v) is 24.9. The number of aryl methyl sites for hydroxylation is 2. The molecular weight excluding hydrogens is 542 g/mol. The molecule has 1 aliphatic rings. The van der Waals surface area contributed by atoms with E-state index in [-0.39, 0.29) is 17.6 Å². The quantitative estimate of drug-likeness (QED) is 0.180. The van der Waals surface area contributed by atoms with Crippen LogP contribution in [0.1, 0.15) is 50.5 Å². The van der Waals surface area contributed by atoms with E-state index < -0.39 is 5.92 Å². The lowest BCUT2D eigenvalue weighted by atomic mass is 9.97. The topological polar surface area (TPSA) is 121 Å². The molecule has 5 rings (SSSR count). The third-order valence-corrected chi connectivity index (χ3v) is 7.10. The molecular formula is C33H35N7O3. The van der Waals surface area contributed by atoms with Gasteiger partial charge in [-0.05, 0) is 82.0 Å². The Morgan fingerprint density at radius 1 is 1.05 bits per heavy atom. The third-order valence-electron chi connectivity index (χ3n) is 7.10. The Labute approximate surface area is 250 Å². The molecule has 0 saturated carbocycles. The van der Waals surface area contributed by atoms with Crippen LogP contribution >= 0.6 is 0 Å². The minimum atomic E-state index is -0.564. The van der Waals surface area contributed by atoms with Crippen LogP contribution in [0.15, 0.2) is 77.8 Å². The number of hydrogen-bond acceptors (Lipinski definition) is 7. The number of anilines is 3. The van der Waals surface area contributed by atoms with Gasteiger partial charge in [0, 0.05) is 54.0 Å². The van der Waals surface area contributed by atoms with Gasteiger partial charge in [-0.15, -0.1) is 0 Å². The van der Waals surface area contributed by atoms with Crippen LogP contribution in [0.2, 0.25) is 0 Å². The lowest BCUT2D eigenvalue weighted by Gasteiger charge is -2.19. The van der Waals surface area contributed by atoms with E-state index in [9.17, 15) is 14.4 Å². The highest BCUT2D eigenvalue weighted by Gasteiger charge is 2.30. The van der Waals surface area contributed by atoms with Gasteiger partial charge in [-0.1, -0.05) is 24.3 Å². The summed E-state index contributed by atoms with van der Waals surface area (Å²) in [5.74, 6) is -1.31. The Morgan fingerprint density at radius 3 is 2.49 bits per heavy atom. The molecule has 2 amide bonds. The van der Waals surface area contributed by atoms with Gasteiger partial charge in [0.25, 0.3) is 5.91 Å². The smallest absolute Gasteiger partial charge is 0.273 e. The van der Waals surface area contributed by atoms with Gasteiger partial charge in [-0.25, -0.2) is 0 Å². The molecule has 1 aliphatic heterocycles. The van der Waals surface area contributed by atoms with Gasteiger partial charge in [-0.2, -0.15) is 5.10 Å². The van der Waals surface area contributed by atoms with Crippen LogP contribution in [0.4, 0.5) is 22.7 Å². The first-order chi connectivity index (χ1) is 20.6. The molecule has 3 N–H and O–H groups in total. The Hall–Kier alpha value is -5.09. The molecule has 0 bridgehead atoms. The first-order valence-corrected chi connectivity index (χ1v) is 14.0. The molecule has 0 radical (unpaired) electrons. The van der Waals surface area contributed by atoms with Crippen molar-refractivity contribution in [3.8, 4) is 0 Å². The number of hydrogen-bond donors (Lipinski definition) is 3. The zero-order chi connectivity index (χ0) is 30.7. The second-order valence-electron chi connectivity index (χ2n) is 11.1. The van der Waals surface area contributed by atoms with E-state index in [1.165, 1.54) is 4.68 Å². The first-order valence-electron chi connectivity index (χ1n) is 14.0. The Bertz CT molecular complexity index is 1710. The summed E-state index contributed by atoms with van der Waals surface area (Å²) in [6, 6.07) is 21.7. The van der Waals surface area contributed by atoms with Crippen LogP contribution in [-0.4, -0.2) is 65.2 Å². The number of aliphatic imine (C=N–C) groups is 1. The number of nitrogens with zero attached hydrogens (tertiary/aromatic N) is 4. The van der Waals surface area contributed by atoms with E-state index in [4.69, 9.17) is 0 Å². The maximum atomic E-state index is 13.4. The van der Waals surface area contributed by atoms with Crippen LogP contribution in [0.3, 0.4) is 0 Å². The Balaban J connectivity index is 1.26. The van der Waals surface area contributed by atoms with E-state index >= 15 is 0 Å². The zero-order valence-electron chi connectivity index (χ0n) is 24.9. The van der Waals surface area contributed by atoms with Crippen LogP contribution in [-0.2, 0) is 11.8 Å². The minimum absolute atomic E-state index is 0.200. The number of rotatable bonds is 10. The summed E-state index contributed by atoms with van der Waals surface area (Å²) in [7, 11) is 5.79. The van der Waals surface area contributed by atoms with Crippen molar-refractivity contribution in [2.75, 3.05) is 36.6 Å². The lowest BCUT2D eigenvalue weighted by Crippen LogP contribution is -2.29. The highest BCUT2D eigenvalue weighted by molar-refractivity contribution is 6.15.